The van der Waals surface area contributed by atoms with Crippen molar-refractivity contribution in [2.75, 3.05) is 25.0 Å². The molecule has 7 heteroatoms. The number of piperidine rings is 1. The van der Waals surface area contributed by atoms with Crippen LogP contribution in [0.3, 0.4) is 0 Å². The van der Waals surface area contributed by atoms with Crippen LogP contribution >= 0.6 is 0 Å². The standard InChI is InChI=1S/C17H21FN4O2/c18-14-7-19-16(20-8-14)21-15-6-17(24-11-15)3-1-4-22(12-17)9-13-2-5-23-10-13/h2,5,7-8,10,15H,1,3-4,6,9,11-12H2,(H,19,20,21). The molecule has 2 unspecified atom stereocenters. The molecule has 128 valence electrons. The van der Waals surface area contributed by atoms with Gasteiger partial charge in [-0.25, -0.2) is 14.4 Å². The third kappa shape index (κ3) is 3.42. The number of furan rings is 1. The lowest BCUT2D eigenvalue weighted by Gasteiger charge is -2.39. The molecule has 0 amide bonds. The van der Waals surface area contributed by atoms with Crippen molar-refractivity contribution in [3.8, 4) is 0 Å². The average molecular weight is 332 g/mol. The molecular weight excluding hydrogens is 311 g/mol. The molecule has 0 aliphatic carbocycles. The van der Waals surface area contributed by atoms with Gasteiger partial charge in [0, 0.05) is 25.1 Å². The molecule has 2 aromatic rings. The first-order valence-corrected chi connectivity index (χ1v) is 8.32. The summed E-state index contributed by atoms with van der Waals surface area (Å²) in [7, 11) is 0. The lowest BCUT2D eigenvalue weighted by Crippen LogP contribution is -2.47. The SMILES string of the molecule is Fc1cnc(NC2COC3(CCCN(Cc4ccoc4)C3)C2)nc1. The van der Waals surface area contributed by atoms with Crippen molar-refractivity contribution in [1.82, 2.24) is 14.9 Å². The fourth-order valence-corrected chi connectivity index (χ4v) is 3.76. The summed E-state index contributed by atoms with van der Waals surface area (Å²) in [5.41, 5.74) is 1.08. The Balaban J connectivity index is 1.36. The van der Waals surface area contributed by atoms with Gasteiger partial charge < -0.3 is 14.5 Å². The Morgan fingerprint density at radius 2 is 2.25 bits per heavy atom. The number of hydrogen-bond acceptors (Lipinski definition) is 6. The molecule has 2 fully saturated rings. The monoisotopic (exact) mass is 332 g/mol. The molecule has 2 aromatic heterocycles. The first-order chi connectivity index (χ1) is 11.7. The minimum absolute atomic E-state index is 0.111. The van der Waals surface area contributed by atoms with Crippen molar-refractivity contribution in [2.24, 2.45) is 0 Å². The van der Waals surface area contributed by atoms with Gasteiger partial charge >= 0.3 is 0 Å². The number of halogens is 1. The molecule has 2 saturated heterocycles. The van der Waals surface area contributed by atoms with E-state index >= 15 is 0 Å². The van der Waals surface area contributed by atoms with Crippen LogP contribution in [-0.4, -0.2) is 46.2 Å². The maximum Gasteiger partial charge on any atom is 0.223 e. The lowest BCUT2D eigenvalue weighted by atomic mass is 9.88. The van der Waals surface area contributed by atoms with Gasteiger partial charge in [-0.15, -0.1) is 0 Å². The van der Waals surface area contributed by atoms with Crippen LogP contribution in [0, 0.1) is 5.82 Å². The second-order valence-electron chi connectivity index (χ2n) is 6.71. The number of anilines is 1. The molecule has 6 nitrogen and oxygen atoms in total. The summed E-state index contributed by atoms with van der Waals surface area (Å²) in [6.45, 7) is 3.51. The molecule has 2 aliphatic heterocycles. The predicted octanol–water partition coefficient (Wildman–Crippen LogP) is 2.44. The first-order valence-electron chi connectivity index (χ1n) is 8.32. The van der Waals surface area contributed by atoms with Gasteiger partial charge in [0.05, 0.1) is 43.2 Å². The Kier molecular flexibility index (Phi) is 4.20. The quantitative estimate of drug-likeness (QED) is 0.928. The molecule has 1 spiro atoms. The molecule has 2 atom stereocenters. The van der Waals surface area contributed by atoms with E-state index in [1.54, 1.807) is 12.5 Å². The number of aromatic nitrogens is 2. The Morgan fingerprint density at radius 1 is 1.38 bits per heavy atom. The number of ether oxygens (including phenoxy) is 1. The highest BCUT2D eigenvalue weighted by molar-refractivity contribution is 5.26. The summed E-state index contributed by atoms with van der Waals surface area (Å²) in [6.07, 6.45) is 8.96. The Hall–Kier alpha value is -1.99. The van der Waals surface area contributed by atoms with Gasteiger partial charge in [0.2, 0.25) is 5.95 Å². The molecule has 4 heterocycles. The van der Waals surface area contributed by atoms with E-state index in [1.165, 1.54) is 18.0 Å². The van der Waals surface area contributed by atoms with E-state index in [4.69, 9.17) is 9.15 Å². The zero-order chi connectivity index (χ0) is 16.4. The van der Waals surface area contributed by atoms with Crippen molar-refractivity contribution in [2.45, 2.75) is 37.5 Å². The maximum absolute atomic E-state index is 12.9. The van der Waals surface area contributed by atoms with Gasteiger partial charge in [0.25, 0.3) is 0 Å². The highest BCUT2D eigenvalue weighted by Crippen LogP contribution is 2.36. The zero-order valence-corrected chi connectivity index (χ0v) is 13.4. The van der Waals surface area contributed by atoms with E-state index in [1.807, 2.05) is 6.07 Å². The molecule has 4 rings (SSSR count). The highest BCUT2D eigenvalue weighted by Gasteiger charge is 2.43. The summed E-state index contributed by atoms with van der Waals surface area (Å²) < 4.78 is 24.2. The van der Waals surface area contributed by atoms with E-state index in [0.29, 0.717) is 12.6 Å². The van der Waals surface area contributed by atoms with Crippen molar-refractivity contribution in [3.63, 3.8) is 0 Å². The predicted molar refractivity (Wildman–Crippen MR) is 85.9 cm³/mol. The largest absolute Gasteiger partial charge is 0.472 e. The smallest absolute Gasteiger partial charge is 0.223 e. The fourth-order valence-electron chi connectivity index (χ4n) is 3.76. The van der Waals surface area contributed by atoms with Crippen LogP contribution in [0.1, 0.15) is 24.8 Å². The second-order valence-corrected chi connectivity index (χ2v) is 6.71. The van der Waals surface area contributed by atoms with Crippen molar-refractivity contribution in [1.29, 1.82) is 0 Å². The van der Waals surface area contributed by atoms with Crippen molar-refractivity contribution < 1.29 is 13.5 Å². The van der Waals surface area contributed by atoms with Crippen LogP contribution in [0.15, 0.2) is 35.4 Å². The third-order valence-corrected chi connectivity index (χ3v) is 4.77. The number of rotatable bonds is 4. The Bertz CT molecular complexity index is 664. The highest BCUT2D eigenvalue weighted by atomic mass is 19.1. The van der Waals surface area contributed by atoms with Crippen molar-refractivity contribution >= 4 is 5.95 Å². The van der Waals surface area contributed by atoms with Gasteiger partial charge in [-0.1, -0.05) is 0 Å². The molecule has 2 aliphatic rings. The van der Waals surface area contributed by atoms with Gasteiger partial charge in [0.15, 0.2) is 5.82 Å². The number of hydrogen-bond donors (Lipinski definition) is 1. The Morgan fingerprint density at radius 3 is 3.04 bits per heavy atom. The molecular formula is C17H21FN4O2. The topological polar surface area (TPSA) is 63.4 Å². The number of nitrogens with one attached hydrogen (secondary N) is 1. The van der Waals surface area contributed by atoms with Crippen LogP contribution < -0.4 is 5.32 Å². The maximum atomic E-state index is 12.9. The van der Waals surface area contributed by atoms with E-state index in [-0.39, 0.29) is 11.6 Å². The average Bonchev–Trinajstić information content (AvgIpc) is 3.21. The van der Waals surface area contributed by atoms with Crippen LogP contribution in [0.25, 0.3) is 0 Å². The summed E-state index contributed by atoms with van der Waals surface area (Å²) in [6, 6.07) is 2.16. The van der Waals surface area contributed by atoms with Gasteiger partial charge in [-0.2, -0.15) is 0 Å². The van der Waals surface area contributed by atoms with Crippen LogP contribution in [0.4, 0.5) is 10.3 Å². The summed E-state index contributed by atoms with van der Waals surface area (Å²) >= 11 is 0. The molecule has 1 N–H and O–H groups in total. The lowest BCUT2D eigenvalue weighted by molar-refractivity contribution is -0.0533. The normalized spacial score (nSPS) is 27.6. The minimum Gasteiger partial charge on any atom is -0.472 e. The van der Waals surface area contributed by atoms with Crippen molar-refractivity contribution in [3.05, 3.63) is 42.4 Å². The van der Waals surface area contributed by atoms with Gasteiger partial charge in [-0.3, -0.25) is 4.90 Å². The molecule has 0 radical (unpaired) electrons. The van der Waals surface area contributed by atoms with Crippen LogP contribution in [0.2, 0.25) is 0 Å². The van der Waals surface area contributed by atoms with Gasteiger partial charge in [0.1, 0.15) is 0 Å². The third-order valence-electron chi connectivity index (χ3n) is 4.77. The summed E-state index contributed by atoms with van der Waals surface area (Å²) in [5.74, 6) is 0.0231. The van der Waals surface area contributed by atoms with E-state index in [9.17, 15) is 4.39 Å². The van der Waals surface area contributed by atoms with Gasteiger partial charge in [-0.05, 0) is 25.5 Å². The van der Waals surface area contributed by atoms with Crippen LogP contribution in [-0.2, 0) is 11.3 Å². The molecule has 24 heavy (non-hydrogen) atoms. The van der Waals surface area contributed by atoms with Crippen LogP contribution in [0.5, 0.6) is 0 Å². The first kappa shape index (κ1) is 15.5. The Labute approximate surface area is 140 Å². The molecule has 0 bridgehead atoms. The molecule has 0 saturated carbocycles. The fraction of sp³-hybridized carbons (Fsp3) is 0.529. The van der Waals surface area contributed by atoms with E-state index in [0.717, 1.165) is 38.9 Å². The summed E-state index contributed by atoms with van der Waals surface area (Å²) in [4.78, 5) is 10.4. The van der Waals surface area contributed by atoms with E-state index < -0.39 is 5.82 Å². The zero-order valence-electron chi connectivity index (χ0n) is 13.4. The number of nitrogens with zero attached hydrogens (tertiary/aromatic N) is 3. The molecule has 0 aromatic carbocycles. The summed E-state index contributed by atoms with van der Waals surface area (Å²) in [5, 5.41) is 3.25. The minimum atomic E-state index is -0.429. The number of likely N-dealkylation sites (tertiary alicyclic amines) is 1. The second kappa shape index (κ2) is 6.49. The van der Waals surface area contributed by atoms with E-state index in [2.05, 4.69) is 20.2 Å².